The van der Waals surface area contributed by atoms with Crippen LogP contribution in [0.1, 0.15) is 41.2 Å². The second-order valence-electron chi connectivity index (χ2n) is 7.01. The lowest BCUT2D eigenvalue weighted by molar-refractivity contribution is 0.0846. The lowest BCUT2D eigenvalue weighted by atomic mass is 9.95. The quantitative estimate of drug-likeness (QED) is 0.850. The van der Waals surface area contributed by atoms with Crippen LogP contribution in [0.3, 0.4) is 0 Å². The van der Waals surface area contributed by atoms with Crippen LogP contribution < -0.4 is 5.32 Å². The number of pyridine rings is 1. The van der Waals surface area contributed by atoms with Crippen LogP contribution in [0.15, 0.2) is 30.6 Å². The molecule has 2 heterocycles. The summed E-state index contributed by atoms with van der Waals surface area (Å²) in [5.74, 6) is -0.0340. The van der Waals surface area contributed by atoms with Gasteiger partial charge in [0, 0.05) is 49.4 Å². The molecule has 2 aromatic rings. The van der Waals surface area contributed by atoms with E-state index >= 15 is 0 Å². The van der Waals surface area contributed by atoms with Gasteiger partial charge in [-0.1, -0.05) is 13.8 Å². The van der Waals surface area contributed by atoms with Crippen LogP contribution in [0.2, 0.25) is 0 Å². The summed E-state index contributed by atoms with van der Waals surface area (Å²) in [6, 6.07) is 5.94. The Morgan fingerprint density at radius 3 is 2.58 bits per heavy atom. The molecule has 0 aliphatic rings. The molecule has 0 bridgehead atoms. The first-order valence-corrected chi connectivity index (χ1v) is 8.17. The van der Waals surface area contributed by atoms with E-state index in [-0.39, 0.29) is 11.3 Å². The number of nitrogens with one attached hydrogen (secondary N) is 1. The highest BCUT2D eigenvalue weighted by atomic mass is 16.5. The molecule has 0 saturated carbocycles. The summed E-state index contributed by atoms with van der Waals surface area (Å²) >= 11 is 0. The predicted molar refractivity (Wildman–Crippen MR) is 95.2 cm³/mol. The second kappa shape index (κ2) is 7.62. The van der Waals surface area contributed by atoms with Crippen LogP contribution in [0, 0.1) is 19.3 Å². The Bertz CT molecular complexity index is 690. The summed E-state index contributed by atoms with van der Waals surface area (Å²) < 4.78 is 7.35. The van der Waals surface area contributed by atoms with Gasteiger partial charge in [-0.3, -0.25) is 9.78 Å². The smallest absolute Gasteiger partial charge is 0.253 e. The number of amides is 1. The van der Waals surface area contributed by atoms with Gasteiger partial charge >= 0.3 is 0 Å². The topological polar surface area (TPSA) is 56.1 Å². The zero-order chi connectivity index (χ0) is 17.7. The van der Waals surface area contributed by atoms with Crippen molar-refractivity contribution in [1.29, 1.82) is 0 Å². The van der Waals surface area contributed by atoms with Crippen LogP contribution >= 0.6 is 0 Å². The fourth-order valence-corrected chi connectivity index (χ4v) is 2.80. The standard InChI is InChI=1S/C19H27N3O2/c1-14-10-17(18(23)21-12-19(3,4)13-24-5)15(2)22(14)11-16-6-8-20-9-7-16/h6-10H,11-13H2,1-5H3,(H,21,23). The molecule has 0 spiro atoms. The van der Waals surface area contributed by atoms with Crippen molar-refractivity contribution in [3.05, 3.63) is 53.1 Å². The van der Waals surface area contributed by atoms with E-state index in [2.05, 4.69) is 28.7 Å². The Labute approximate surface area is 144 Å². The number of methoxy groups -OCH3 is 1. The summed E-state index contributed by atoms with van der Waals surface area (Å²) in [5.41, 5.74) is 3.86. The highest BCUT2D eigenvalue weighted by Crippen LogP contribution is 2.18. The molecule has 1 amide bonds. The lowest BCUT2D eigenvalue weighted by Crippen LogP contribution is -2.36. The number of hydrogen-bond donors (Lipinski definition) is 1. The molecule has 5 nitrogen and oxygen atoms in total. The number of ether oxygens (including phenoxy) is 1. The van der Waals surface area contributed by atoms with Gasteiger partial charge in [0.05, 0.1) is 12.2 Å². The first-order chi connectivity index (χ1) is 11.3. The van der Waals surface area contributed by atoms with E-state index in [1.165, 1.54) is 5.56 Å². The largest absolute Gasteiger partial charge is 0.384 e. The molecule has 24 heavy (non-hydrogen) atoms. The third-order valence-corrected chi connectivity index (χ3v) is 4.17. The summed E-state index contributed by atoms with van der Waals surface area (Å²) in [4.78, 5) is 16.6. The zero-order valence-electron chi connectivity index (χ0n) is 15.2. The first-order valence-electron chi connectivity index (χ1n) is 8.17. The molecule has 0 atom stereocenters. The van der Waals surface area contributed by atoms with Gasteiger partial charge in [-0.25, -0.2) is 0 Å². The number of aryl methyl sites for hydroxylation is 1. The average Bonchev–Trinajstić information content (AvgIpc) is 2.82. The predicted octanol–water partition coefficient (Wildman–Crippen LogP) is 2.95. The Hall–Kier alpha value is -2.14. The zero-order valence-corrected chi connectivity index (χ0v) is 15.2. The maximum absolute atomic E-state index is 12.6. The van der Waals surface area contributed by atoms with Crippen molar-refractivity contribution in [3.8, 4) is 0 Å². The molecule has 5 heteroatoms. The third kappa shape index (κ3) is 4.45. The second-order valence-corrected chi connectivity index (χ2v) is 7.01. The van der Waals surface area contributed by atoms with Crippen molar-refractivity contribution in [1.82, 2.24) is 14.9 Å². The van der Waals surface area contributed by atoms with Gasteiger partial charge in [-0.2, -0.15) is 0 Å². The van der Waals surface area contributed by atoms with E-state index in [0.717, 1.165) is 23.5 Å². The van der Waals surface area contributed by atoms with Gasteiger partial charge in [0.25, 0.3) is 5.91 Å². The maximum Gasteiger partial charge on any atom is 0.253 e. The summed E-state index contributed by atoms with van der Waals surface area (Å²) in [7, 11) is 1.68. The molecule has 0 aliphatic heterocycles. The number of carbonyl (C=O) groups excluding carboxylic acids is 1. The first kappa shape index (κ1) is 18.2. The minimum absolute atomic E-state index is 0.0340. The molecule has 2 rings (SSSR count). The average molecular weight is 329 g/mol. The number of carbonyl (C=O) groups is 1. The molecular formula is C19H27N3O2. The Balaban J connectivity index is 2.11. The molecule has 2 aromatic heterocycles. The van der Waals surface area contributed by atoms with Crippen molar-refractivity contribution in [2.75, 3.05) is 20.3 Å². The van der Waals surface area contributed by atoms with E-state index in [0.29, 0.717) is 13.2 Å². The highest BCUT2D eigenvalue weighted by Gasteiger charge is 2.21. The van der Waals surface area contributed by atoms with Gasteiger partial charge in [0.15, 0.2) is 0 Å². The van der Waals surface area contributed by atoms with Gasteiger partial charge < -0.3 is 14.6 Å². The van der Waals surface area contributed by atoms with Crippen LogP contribution in [-0.2, 0) is 11.3 Å². The van der Waals surface area contributed by atoms with Crippen molar-refractivity contribution in [2.24, 2.45) is 5.41 Å². The van der Waals surface area contributed by atoms with Crippen LogP contribution in [0.25, 0.3) is 0 Å². The van der Waals surface area contributed by atoms with Crippen LogP contribution in [0.4, 0.5) is 0 Å². The van der Waals surface area contributed by atoms with E-state index in [9.17, 15) is 4.79 Å². The van der Waals surface area contributed by atoms with Gasteiger partial charge in [0.2, 0.25) is 0 Å². The van der Waals surface area contributed by atoms with E-state index in [4.69, 9.17) is 4.74 Å². The Kier molecular flexibility index (Phi) is 5.78. The lowest BCUT2D eigenvalue weighted by Gasteiger charge is -2.23. The molecule has 0 fully saturated rings. The van der Waals surface area contributed by atoms with E-state index < -0.39 is 0 Å². The number of hydrogen-bond acceptors (Lipinski definition) is 3. The van der Waals surface area contributed by atoms with Crippen LogP contribution in [-0.4, -0.2) is 35.7 Å². The number of aromatic nitrogens is 2. The monoisotopic (exact) mass is 329 g/mol. The maximum atomic E-state index is 12.6. The molecule has 0 aliphatic carbocycles. The summed E-state index contributed by atoms with van der Waals surface area (Å²) in [6.45, 7) is 10.1. The van der Waals surface area contributed by atoms with Crippen molar-refractivity contribution in [2.45, 2.75) is 34.2 Å². The number of rotatable bonds is 7. The highest BCUT2D eigenvalue weighted by molar-refractivity contribution is 5.95. The van der Waals surface area contributed by atoms with Gasteiger partial charge in [-0.05, 0) is 37.6 Å². The van der Waals surface area contributed by atoms with Crippen molar-refractivity contribution in [3.63, 3.8) is 0 Å². The molecular weight excluding hydrogens is 302 g/mol. The van der Waals surface area contributed by atoms with Crippen LogP contribution in [0.5, 0.6) is 0 Å². The molecule has 0 radical (unpaired) electrons. The SMILES string of the molecule is COCC(C)(C)CNC(=O)c1cc(C)n(Cc2ccncc2)c1C. The van der Waals surface area contributed by atoms with Crippen molar-refractivity contribution < 1.29 is 9.53 Å². The van der Waals surface area contributed by atoms with Crippen molar-refractivity contribution >= 4 is 5.91 Å². The fourth-order valence-electron chi connectivity index (χ4n) is 2.80. The van der Waals surface area contributed by atoms with E-state index in [1.54, 1.807) is 19.5 Å². The molecule has 0 saturated heterocycles. The Morgan fingerprint density at radius 1 is 1.29 bits per heavy atom. The molecule has 0 aromatic carbocycles. The van der Waals surface area contributed by atoms with E-state index in [1.807, 2.05) is 32.0 Å². The Morgan fingerprint density at radius 2 is 1.96 bits per heavy atom. The minimum Gasteiger partial charge on any atom is -0.384 e. The molecule has 1 N–H and O–H groups in total. The summed E-state index contributed by atoms with van der Waals surface area (Å²) in [6.07, 6.45) is 3.57. The molecule has 0 unspecified atom stereocenters. The minimum atomic E-state index is -0.0903. The number of nitrogens with zero attached hydrogens (tertiary/aromatic N) is 2. The summed E-state index contributed by atoms with van der Waals surface area (Å²) in [5, 5.41) is 3.03. The normalized spacial score (nSPS) is 11.5. The third-order valence-electron chi connectivity index (χ3n) is 4.17. The fraction of sp³-hybridized carbons (Fsp3) is 0.474. The molecule has 130 valence electrons. The van der Waals surface area contributed by atoms with Gasteiger partial charge in [-0.15, -0.1) is 0 Å². The van der Waals surface area contributed by atoms with Gasteiger partial charge in [0.1, 0.15) is 0 Å².